The molecule has 0 bridgehead atoms. The quantitative estimate of drug-likeness (QED) is 0.735. The van der Waals surface area contributed by atoms with Gasteiger partial charge in [-0.1, -0.05) is 19.9 Å². The zero-order valence-corrected chi connectivity index (χ0v) is 15.1. The van der Waals surface area contributed by atoms with E-state index >= 15 is 0 Å². The average Bonchev–Trinajstić information content (AvgIpc) is 3.08. The Balaban J connectivity index is 2.21. The van der Waals surface area contributed by atoms with E-state index in [0.29, 0.717) is 11.3 Å². The van der Waals surface area contributed by atoms with Crippen molar-refractivity contribution in [2.45, 2.75) is 33.7 Å². The van der Waals surface area contributed by atoms with Crippen molar-refractivity contribution >= 4 is 23.5 Å². The van der Waals surface area contributed by atoms with E-state index in [0.717, 1.165) is 5.56 Å². The molecule has 7 nitrogen and oxygen atoms in total. The second-order valence-electron chi connectivity index (χ2n) is 6.45. The highest BCUT2D eigenvalue weighted by molar-refractivity contribution is 6.01. The van der Waals surface area contributed by atoms with Gasteiger partial charge in [-0.2, -0.15) is 0 Å². The second kappa shape index (κ2) is 7.86. The van der Waals surface area contributed by atoms with E-state index in [2.05, 4.69) is 10.6 Å². The largest absolute Gasteiger partial charge is 0.478 e. The number of amides is 2. The number of hydrogen-bond donors (Lipinski definition) is 3. The van der Waals surface area contributed by atoms with E-state index in [1.165, 1.54) is 18.4 Å². The van der Waals surface area contributed by atoms with Crippen molar-refractivity contribution < 1.29 is 23.9 Å². The van der Waals surface area contributed by atoms with Gasteiger partial charge in [0.25, 0.3) is 5.91 Å². The fourth-order valence-corrected chi connectivity index (χ4v) is 2.58. The van der Waals surface area contributed by atoms with Crippen LogP contribution in [0.4, 0.5) is 5.69 Å². The van der Waals surface area contributed by atoms with Crippen LogP contribution in [0.3, 0.4) is 0 Å². The van der Waals surface area contributed by atoms with Crippen LogP contribution in [0.5, 0.6) is 0 Å². The minimum Gasteiger partial charge on any atom is -0.478 e. The van der Waals surface area contributed by atoms with Gasteiger partial charge in [0.15, 0.2) is 5.76 Å². The summed E-state index contributed by atoms with van der Waals surface area (Å²) in [6, 6.07) is 5.42. The second-order valence-corrected chi connectivity index (χ2v) is 6.45. The summed E-state index contributed by atoms with van der Waals surface area (Å²) < 4.78 is 5.04. The maximum atomic E-state index is 12.7. The molecule has 1 atom stereocenters. The molecule has 0 aliphatic rings. The summed E-state index contributed by atoms with van der Waals surface area (Å²) in [4.78, 5) is 36.2. The molecule has 0 saturated carbocycles. The van der Waals surface area contributed by atoms with Crippen molar-refractivity contribution in [1.82, 2.24) is 5.32 Å². The van der Waals surface area contributed by atoms with E-state index in [-0.39, 0.29) is 17.2 Å². The lowest BCUT2D eigenvalue weighted by Crippen LogP contribution is -2.47. The minimum absolute atomic E-state index is 0.114. The fourth-order valence-electron chi connectivity index (χ4n) is 2.58. The van der Waals surface area contributed by atoms with Crippen LogP contribution in [0.15, 0.2) is 34.9 Å². The van der Waals surface area contributed by atoms with Crippen molar-refractivity contribution in [2.24, 2.45) is 5.92 Å². The lowest BCUT2D eigenvalue weighted by atomic mass is 10.0. The molecule has 2 aromatic rings. The minimum atomic E-state index is -1.07. The first kappa shape index (κ1) is 19.2. The highest BCUT2D eigenvalue weighted by atomic mass is 16.4. The fraction of sp³-hybridized carbons (Fsp3) is 0.316. The number of anilines is 1. The first-order valence-corrected chi connectivity index (χ1v) is 8.20. The third-order valence-corrected chi connectivity index (χ3v) is 4.04. The lowest BCUT2D eigenvalue weighted by molar-refractivity contribution is -0.118. The predicted octanol–water partition coefficient (Wildman–Crippen LogP) is 2.99. The molecule has 1 unspecified atom stereocenters. The number of carboxylic acids is 1. The van der Waals surface area contributed by atoms with Gasteiger partial charge in [-0.05, 0) is 49.1 Å². The van der Waals surface area contributed by atoms with Crippen molar-refractivity contribution in [2.75, 3.05) is 5.32 Å². The molecule has 0 aliphatic carbocycles. The van der Waals surface area contributed by atoms with E-state index in [1.807, 2.05) is 0 Å². The van der Waals surface area contributed by atoms with Crippen molar-refractivity contribution in [1.29, 1.82) is 0 Å². The van der Waals surface area contributed by atoms with E-state index in [9.17, 15) is 19.5 Å². The topological polar surface area (TPSA) is 109 Å². The van der Waals surface area contributed by atoms with Gasteiger partial charge in [-0.25, -0.2) is 4.79 Å². The Morgan fingerprint density at radius 1 is 1.12 bits per heavy atom. The summed E-state index contributed by atoms with van der Waals surface area (Å²) in [5.41, 5.74) is 1.86. The van der Waals surface area contributed by atoms with Crippen LogP contribution < -0.4 is 10.6 Å². The molecule has 0 fully saturated rings. The van der Waals surface area contributed by atoms with Crippen molar-refractivity contribution in [3.05, 3.63) is 53.0 Å². The molecule has 0 saturated heterocycles. The molecule has 26 heavy (non-hydrogen) atoms. The van der Waals surface area contributed by atoms with Gasteiger partial charge in [0, 0.05) is 5.69 Å². The number of carboxylic acid groups (broad SMARTS) is 1. The normalized spacial score (nSPS) is 11.9. The van der Waals surface area contributed by atoms with Crippen LogP contribution in [0, 0.1) is 19.8 Å². The Morgan fingerprint density at radius 3 is 2.35 bits per heavy atom. The number of nitrogens with one attached hydrogen (secondary N) is 2. The number of aromatic carboxylic acids is 1. The predicted molar refractivity (Wildman–Crippen MR) is 96.3 cm³/mol. The number of furan rings is 1. The monoisotopic (exact) mass is 358 g/mol. The van der Waals surface area contributed by atoms with Crippen LogP contribution in [0.2, 0.25) is 0 Å². The standard InChI is InChI=1S/C19H22N2O5/c1-10(2)16(21-17(22)15-6-5-7-26-15)18(23)20-14-9-13(19(24)25)11(3)8-12(14)4/h5-10,16H,1-4H3,(H,20,23)(H,21,22)(H,24,25). The zero-order chi connectivity index (χ0) is 19.4. The number of hydrogen-bond acceptors (Lipinski definition) is 4. The molecule has 138 valence electrons. The third kappa shape index (κ3) is 4.30. The van der Waals surface area contributed by atoms with Crippen LogP contribution in [0.25, 0.3) is 0 Å². The van der Waals surface area contributed by atoms with Gasteiger partial charge >= 0.3 is 5.97 Å². The Hall–Kier alpha value is -3.09. The number of rotatable bonds is 6. The molecular formula is C19H22N2O5. The Kier molecular flexibility index (Phi) is 5.82. The molecule has 3 N–H and O–H groups in total. The number of carbonyl (C=O) groups is 3. The van der Waals surface area contributed by atoms with Gasteiger partial charge in [0.1, 0.15) is 6.04 Å². The summed E-state index contributed by atoms with van der Waals surface area (Å²) in [6.07, 6.45) is 1.38. The molecule has 1 aromatic carbocycles. The van der Waals surface area contributed by atoms with Crippen molar-refractivity contribution in [3.63, 3.8) is 0 Å². The molecule has 0 radical (unpaired) electrons. The Morgan fingerprint density at radius 2 is 1.81 bits per heavy atom. The first-order chi connectivity index (χ1) is 12.2. The number of carbonyl (C=O) groups excluding carboxylic acids is 2. The molecule has 1 heterocycles. The smallest absolute Gasteiger partial charge is 0.336 e. The van der Waals surface area contributed by atoms with Gasteiger partial charge in [0.2, 0.25) is 5.91 Å². The van der Waals surface area contributed by atoms with Crippen molar-refractivity contribution in [3.8, 4) is 0 Å². The number of aryl methyl sites for hydroxylation is 2. The van der Waals surface area contributed by atoms with Gasteiger partial charge in [-0.15, -0.1) is 0 Å². The zero-order valence-electron chi connectivity index (χ0n) is 15.1. The lowest BCUT2D eigenvalue weighted by Gasteiger charge is -2.22. The average molecular weight is 358 g/mol. The summed E-state index contributed by atoms with van der Waals surface area (Å²) in [6.45, 7) is 7.08. The highest BCUT2D eigenvalue weighted by Crippen LogP contribution is 2.21. The molecule has 1 aromatic heterocycles. The summed E-state index contributed by atoms with van der Waals surface area (Å²) in [5, 5.41) is 14.6. The summed E-state index contributed by atoms with van der Waals surface area (Å²) in [5.74, 6) is -2.05. The van der Waals surface area contributed by atoms with E-state index in [1.54, 1.807) is 39.8 Å². The Labute approximate surface area is 151 Å². The first-order valence-electron chi connectivity index (χ1n) is 8.20. The maximum absolute atomic E-state index is 12.7. The third-order valence-electron chi connectivity index (χ3n) is 4.04. The summed E-state index contributed by atoms with van der Waals surface area (Å²) in [7, 11) is 0. The highest BCUT2D eigenvalue weighted by Gasteiger charge is 2.26. The SMILES string of the molecule is Cc1cc(C)c(C(=O)O)cc1NC(=O)C(NC(=O)c1ccco1)C(C)C. The van der Waals surface area contributed by atoms with Gasteiger partial charge in [0.05, 0.1) is 11.8 Å². The van der Waals surface area contributed by atoms with Crippen LogP contribution in [-0.4, -0.2) is 28.9 Å². The maximum Gasteiger partial charge on any atom is 0.336 e. The van der Waals surface area contributed by atoms with Crippen LogP contribution >= 0.6 is 0 Å². The number of benzene rings is 1. The molecular weight excluding hydrogens is 336 g/mol. The van der Waals surface area contributed by atoms with Gasteiger partial charge in [-0.3, -0.25) is 9.59 Å². The van der Waals surface area contributed by atoms with E-state index < -0.39 is 23.8 Å². The molecule has 2 rings (SSSR count). The molecule has 7 heteroatoms. The van der Waals surface area contributed by atoms with Crippen LogP contribution in [-0.2, 0) is 4.79 Å². The summed E-state index contributed by atoms with van der Waals surface area (Å²) >= 11 is 0. The molecule has 2 amide bonds. The van der Waals surface area contributed by atoms with E-state index in [4.69, 9.17) is 4.42 Å². The Bertz CT molecular complexity index is 825. The van der Waals surface area contributed by atoms with Gasteiger partial charge < -0.3 is 20.2 Å². The molecule has 0 spiro atoms. The molecule has 0 aliphatic heterocycles. The van der Waals surface area contributed by atoms with Crippen LogP contribution in [0.1, 0.15) is 45.9 Å².